The van der Waals surface area contributed by atoms with Crippen LogP contribution in [0.3, 0.4) is 0 Å². The van der Waals surface area contributed by atoms with Crippen molar-refractivity contribution in [2.24, 2.45) is 40.4 Å². The van der Waals surface area contributed by atoms with Crippen LogP contribution in [0.25, 0.3) is 0 Å². The Morgan fingerprint density at radius 2 is 2.08 bits per heavy atom. The van der Waals surface area contributed by atoms with E-state index in [0.29, 0.717) is 29.5 Å². The Balaban J connectivity index is 1.70. The Labute approximate surface area is 151 Å². The molecule has 3 fully saturated rings. The summed E-state index contributed by atoms with van der Waals surface area (Å²) >= 11 is 0. The number of hydrogen-bond donors (Lipinski definition) is 1. The van der Waals surface area contributed by atoms with Crippen molar-refractivity contribution < 1.29 is 14.7 Å². The second-order valence-corrected chi connectivity index (χ2v) is 9.83. The van der Waals surface area contributed by atoms with Gasteiger partial charge in [-0.15, -0.1) is 0 Å². The second-order valence-electron chi connectivity index (χ2n) is 9.83. The first-order valence-electron chi connectivity index (χ1n) is 10.2. The third-order valence-electron chi connectivity index (χ3n) is 8.69. The highest BCUT2D eigenvalue weighted by atomic mass is 16.3. The van der Waals surface area contributed by atoms with Crippen molar-refractivity contribution in [3.63, 3.8) is 0 Å². The third kappa shape index (κ3) is 2.34. The van der Waals surface area contributed by atoms with E-state index in [4.69, 9.17) is 0 Å². The van der Waals surface area contributed by atoms with Crippen molar-refractivity contribution in [3.8, 4) is 0 Å². The van der Waals surface area contributed by atoms with Crippen LogP contribution < -0.4 is 0 Å². The van der Waals surface area contributed by atoms with Gasteiger partial charge in [0.25, 0.3) is 0 Å². The second kappa shape index (κ2) is 5.77. The first-order valence-corrected chi connectivity index (χ1v) is 10.2. The van der Waals surface area contributed by atoms with Crippen LogP contribution in [-0.4, -0.2) is 23.3 Å². The average Bonchev–Trinajstić information content (AvgIpc) is 2.85. The standard InChI is InChI=1S/C22H32O3/c1-13-10-18-16-5-4-14-11-15(24)6-8-21(14,2)17(16)7-9-22(18,3)20(13)19(25)12-23/h7,13-14,16,18,20,23H,4-6,8-12H2,1-3H3/t13-,14?,16?,18?,20-,21+,22+/m1/s1. The molecule has 138 valence electrons. The van der Waals surface area contributed by atoms with Crippen LogP contribution in [0.15, 0.2) is 11.6 Å². The van der Waals surface area contributed by atoms with Gasteiger partial charge < -0.3 is 5.11 Å². The Hall–Kier alpha value is -0.960. The van der Waals surface area contributed by atoms with Gasteiger partial charge in [0.2, 0.25) is 0 Å². The molecule has 0 bridgehead atoms. The minimum absolute atomic E-state index is 0.00107. The molecule has 3 heteroatoms. The van der Waals surface area contributed by atoms with E-state index >= 15 is 0 Å². The van der Waals surface area contributed by atoms with Crippen LogP contribution in [0.4, 0.5) is 0 Å². The summed E-state index contributed by atoms with van der Waals surface area (Å²) in [5.74, 6) is 2.50. The van der Waals surface area contributed by atoms with E-state index in [1.165, 1.54) is 6.42 Å². The zero-order valence-corrected chi connectivity index (χ0v) is 15.9. The minimum atomic E-state index is -0.319. The number of rotatable bonds is 2. The smallest absolute Gasteiger partial charge is 0.162 e. The molecule has 3 unspecified atom stereocenters. The summed E-state index contributed by atoms with van der Waals surface area (Å²) in [5, 5.41) is 9.47. The maximum atomic E-state index is 12.5. The van der Waals surface area contributed by atoms with Crippen LogP contribution in [0, 0.1) is 40.4 Å². The maximum Gasteiger partial charge on any atom is 0.162 e. The number of fused-ring (bicyclic) bond motifs is 5. The van der Waals surface area contributed by atoms with Gasteiger partial charge >= 0.3 is 0 Å². The lowest BCUT2D eigenvalue weighted by Crippen LogP contribution is -2.48. The highest BCUT2D eigenvalue weighted by molar-refractivity contribution is 5.83. The van der Waals surface area contributed by atoms with Gasteiger partial charge in [-0.2, -0.15) is 0 Å². The number of allylic oxidation sites excluding steroid dienone is 2. The first-order chi connectivity index (χ1) is 11.8. The largest absolute Gasteiger partial charge is 0.389 e. The Bertz CT molecular complexity index is 635. The predicted molar refractivity (Wildman–Crippen MR) is 96.8 cm³/mol. The summed E-state index contributed by atoms with van der Waals surface area (Å²) in [6.45, 7) is 6.58. The molecule has 1 N–H and O–H groups in total. The molecular formula is C22H32O3. The van der Waals surface area contributed by atoms with Gasteiger partial charge in [0.1, 0.15) is 12.4 Å². The van der Waals surface area contributed by atoms with Crippen LogP contribution in [0.2, 0.25) is 0 Å². The SMILES string of the molecule is C[C@@H]1CC2C3CCC4CC(=O)CC[C@]4(C)C3=CC[C@]2(C)[C@H]1C(=O)CO. The molecule has 0 amide bonds. The van der Waals surface area contributed by atoms with Gasteiger partial charge in [0.05, 0.1) is 0 Å². The maximum absolute atomic E-state index is 12.5. The number of ketones is 2. The third-order valence-corrected chi connectivity index (χ3v) is 8.69. The number of hydrogen-bond acceptors (Lipinski definition) is 3. The number of carbonyl (C=O) groups is 2. The van der Waals surface area contributed by atoms with E-state index in [1.807, 2.05) is 0 Å². The molecule has 0 radical (unpaired) electrons. The first kappa shape index (κ1) is 17.5. The molecule has 0 spiro atoms. The van der Waals surface area contributed by atoms with E-state index in [-0.39, 0.29) is 29.1 Å². The predicted octanol–water partition coefficient (Wildman–Crippen LogP) is 3.94. The van der Waals surface area contributed by atoms with Crippen LogP contribution in [-0.2, 0) is 9.59 Å². The summed E-state index contributed by atoms with van der Waals surface area (Å²) in [4.78, 5) is 24.4. The Kier molecular flexibility index (Phi) is 4.03. The van der Waals surface area contributed by atoms with Crippen LogP contribution >= 0.6 is 0 Å². The molecule has 7 atom stereocenters. The van der Waals surface area contributed by atoms with Crippen molar-refractivity contribution in [2.45, 2.75) is 65.7 Å². The number of aliphatic hydroxyl groups excluding tert-OH is 1. The molecule has 0 aromatic heterocycles. The molecule has 3 nitrogen and oxygen atoms in total. The van der Waals surface area contributed by atoms with Gasteiger partial charge in [0.15, 0.2) is 5.78 Å². The van der Waals surface area contributed by atoms with Crippen molar-refractivity contribution in [1.29, 1.82) is 0 Å². The Morgan fingerprint density at radius 3 is 2.80 bits per heavy atom. The summed E-state index contributed by atoms with van der Waals surface area (Å²) in [7, 11) is 0. The fraction of sp³-hybridized carbons (Fsp3) is 0.818. The fourth-order valence-electron chi connectivity index (χ4n) is 7.47. The highest BCUT2D eigenvalue weighted by Gasteiger charge is 2.60. The molecule has 25 heavy (non-hydrogen) atoms. The van der Waals surface area contributed by atoms with Gasteiger partial charge in [-0.1, -0.05) is 32.4 Å². The molecule has 0 aliphatic heterocycles. The van der Waals surface area contributed by atoms with Crippen LogP contribution in [0.1, 0.15) is 65.7 Å². The van der Waals surface area contributed by atoms with E-state index in [2.05, 4.69) is 26.8 Å². The summed E-state index contributed by atoms with van der Waals surface area (Å²) in [5.41, 5.74) is 1.81. The van der Waals surface area contributed by atoms with E-state index in [0.717, 1.165) is 38.5 Å². The topological polar surface area (TPSA) is 54.4 Å². The molecule has 0 heterocycles. The molecule has 4 aliphatic rings. The number of Topliss-reactive ketones (excluding diaryl/α,β-unsaturated/α-hetero) is 2. The molecule has 4 aliphatic carbocycles. The normalized spacial score (nSPS) is 49.0. The highest BCUT2D eigenvalue weighted by Crippen LogP contribution is 2.66. The van der Waals surface area contributed by atoms with Crippen molar-refractivity contribution in [3.05, 3.63) is 11.6 Å². The fourth-order valence-corrected chi connectivity index (χ4v) is 7.47. The van der Waals surface area contributed by atoms with Gasteiger partial charge in [0, 0.05) is 18.8 Å². The van der Waals surface area contributed by atoms with Crippen molar-refractivity contribution in [2.75, 3.05) is 6.61 Å². The monoisotopic (exact) mass is 344 g/mol. The van der Waals surface area contributed by atoms with Gasteiger partial charge in [-0.3, -0.25) is 9.59 Å². The molecule has 0 aromatic rings. The van der Waals surface area contributed by atoms with Crippen LogP contribution in [0.5, 0.6) is 0 Å². The van der Waals surface area contributed by atoms with Crippen molar-refractivity contribution in [1.82, 2.24) is 0 Å². The van der Waals surface area contributed by atoms with E-state index in [9.17, 15) is 14.7 Å². The molecule has 3 saturated carbocycles. The summed E-state index contributed by atoms with van der Waals surface area (Å²) in [6, 6.07) is 0. The van der Waals surface area contributed by atoms with Gasteiger partial charge in [-0.05, 0) is 66.6 Å². The van der Waals surface area contributed by atoms with E-state index in [1.54, 1.807) is 5.57 Å². The Morgan fingerprint density at radius 1 is 1.32 bits per heavy atom. The summed E-state index contributed by atoms with van der Waals surface area (Å²) in [6.07, 6.45) is 9.37. The lowest BCUT2D eigenvalue weighted by Gasteiger charge is -2.55. The zero-order chi connectivity index (χ0) is 18.0. The number of carbonyl (C=O) groups excluding carboxylic acids is 2. The molecular weight excluding hydrogens is 312 g/mol. The molecule has 0 saturated heterocycles. The zero-order valence-electron chi connectivity index (χ0n) is 15.9. The van der Waals surface area contributed by atoms with Gasteiger partial charge in [-0.25, -0.2) is 0 Å². The lowest BCUT2D eigenvalue weighted by atomic mass is 9.48. The minimum Gasteiger partial charge on any atom is -0.389 e. The average molecular weight is 344 g/mol. The molecule has 0 aromatic carbocycles. The van der Waals surface area contributed by atoms with E-state index < -0.39 is 0 Å². The lowest BCUT2D eigenvalue weighted by molar-refractivity contribution is -0.131. The quantitative estimate of drug-likeness (QED) is 0.772. The molecule has 4 rings (SSSR count). The number of aliphatic hydroxyl groups is 1. The summed E-state index contributed by atoms with van der Waals surface area (Å²) < 4.78 is 0. The van der Waals surface area contributed by atoms with Crippen molar-refractivity contribution >= 4 is 11.6 Å².